The lowest BCUT2D eigenvalue weighted by Gasteiger charge is -2.37. The number of rotatable bonds is 4. The predicted octanol–water partition coefficient (Wildman–Crippen LogP) is 6.46. The van der Waals surface area contributed by atoms with Crippen LogP contribution < -0.4 is 5.56 Å². The maximum atomic E-state index is 12.5. The summed E-state index contributed by atoms with van der Waals surface area (Å²) in [6.07, 6.45) is 6.17. The van der Waals surface area contributed by atoms with Gasteiger partial charge in [0.2, 0.25) is 5.56 Å². The third kappa shape index (κ3) is 3.68. The number of imidazole rings is 1. The van der Waals surface area contributed by atoms with Gasteiger partial charge >= 0.3 is 0 Å². The minimum Gasteiger partial charge on any atom is -0.330 e. The van der Waals surface area contributed by atoms with Crippen LogP contribution in [0.4, 0.5) is 0 Å². The second-order valence-corrected chi connectivity index (χ2v) is 11.9. The van der Waals surface area contributed by atoms with E-state index in [4.69, 9.17) is 0 Å². The minimum absolute atomic E-state index is 0.0907. The van der Waals surface area contributed by atoms with Crippen molar-refractivity contribution in [3.63, 3.8) is 0 Å². The number of fused-ring (bicyclic) bond motifs is 1. The molecule has 5 aromatic rings. The highest BCUT2D eigenvalue weighted by atomic mass is 32.3. The van der Waals surface area contributed by atoms with Gasteiger partial charge in [-0.25, -0.2) is 4.98 Å². The molecule has 0 radical (unpaired) electrons. The number of aromatic amines is 1. The summed E-state index contributed by atoms with van der Waals surface area (Å²) in [7, 11) is 0.475. The van der Waals surface area contributed by atoms with Crippen molar-refractivity contribution in [2.75, 3.05) is 6.26 Å². The van der Waals surface area contributed by atoms with Crippen LogP contribution in [0.25, 0.3) is 22.0 Å². The largest absolute Gasteiger partial charge is 0.330 e. The second-order valence-electron chi connectivity index (χ2n) is 8.70. The molecule has 0 amide bonds. The fourth-order valence-corrected chi connectivity index (χ4v) is 7.49. The molecule has 2 heterocycles. The van der Waals surface area contributed by atoms with Crippen LogP contribution in [0.1, 0.15) is 11.1 Å². The lowest BCUT2D eigenvalue weighted by molar-refractivity contribution is 0.816. The molecule has 0 spiro atoms. The Morgan fingerprint density at radius 3 is 2.33 bits per heavy atom. The Morgan fingerprint density at radius 2 is 1.64 bits per heavy atom. The first kappa shape index (κ1) is 21.3. The van der Waals surface area contributed by atoms with Crippen molar-refractivity contribution in [1.82, 2.24) is 14.5 Å². The van der Waals surface area contributed by atoms with E-state index >= 15 is 0 Å². The Kier molecular flexibility index (Phi) is 5.22. The molecule has 0 saturated heterocycles. The highest BCUT2D eigenvalue weighted by molar-refractivity contribution is 8.33. The van der Waals surface area contributed by atoms with Gasteiger partial charge in [-0.2, -0.15) is 0 Å². The van der Waals surface area contributed by atoms with Gasteiger partial charge < -0.3 is 9.55 Å². The molecule has 5 rings (SSSR count). The smallest absolute Gasteiger partial charge is 0.249 e. The van der Waals surface area contributed by atoms with E-state index in [1.165, 1.54) is 25.9 Å². The predicted molar refractivity (Wildman–Crippen MR) is 137 cm³/mol. The third-order valence-corrected chi connectivity index (χ3v) is 9.94. The lowest BCUT2D eigenvalue weighted by atomic mass is 10.00. The van der Waals surface area contributed by atoms with Crippen LogP contribution >= 0.6 is 10.0 Å². The van der Waals surface area contributed by atoms with Gasteiger partial charge in [0.05, 0.1) is 17.6 Å². The Bertz CT molecular complexity index is 1530. The molecule has 33 heavy (non-hydrogen) atoms. The molecular weight excluding hydrogens is 426 g/mol. The number of pyridine rings is 1. The SMILES string of the molecule is Cc1ccc(S(C)(c2ccc3[nH]c(=O)cc(-c4cccc(C)c4)c3c2)c2cncn2C)cc1. The van der Waals surface area contributed by atoms with Gasteiger partial charge in [0.15, 0.2) is 0 Å². The summed E-state index contributed by atoms with van der Waals surface area (Å²) in [5, 5.41) is 2.23. The maximum Gasteiger partial charge on any atom is 0.249 e. The van der Waals surface area contributed by atoms with Gasteiger partial charge in [0.25, 0.3) is 0 Å². The number of nitrogens with zero attached hydrogens (tertiary/aromatic N) is 2. The van der Waals surface area contributed by atoms with E-state index in [1.54, 1.807) is 6.07 Å². The standard InChI is InChI=1S/C28H27N3OS/c1-19-8-10-22(11-9-19)33(4,28-17-29-18-31(28)3)23-12-13-26-25(15-23)24(16-27(32)30-26)21-7-5-6-20(2)14-21/h5-18H,1-4H3,(H,30,32). The third-order valence-electron chi connectivity index (χ3n) is 6.30. The van der Waals surface area contributed by atoms with Crippen molar-refractivity contribution in [1.29, 1.82) is 0 Å². The Labute approximate surface area is 195 Å². The Balaban J connectivity index is 1.81. The first-order chi connectivity index (χ1) is 15.9. The monoisotopic (exact) mass is 453 g/mol. The topological polar surface area (TPSA) is 50.7 Å². The fraction of sp³-hybridized carbons (Fsp3) is 0.143. The zero-order valence-electron chi connectivity index (χ0n) is 19.3. The molecule has 3 aromatic carbocycles. The molecule has 1 N–H and O–H groups in total. The van der Waals surface area contributed by atoms with Gasteiger partial charge in [0, 0.05) is 24.0 Å². The van der Waals surface area contributed by atoms with Crippen LogP contribution in [0.2, 0.25) is 0 Å². The van der Waals surface area contributed by atoms with Gasteiger partial charge in [-0.1, -0.05) is 47.5 Å². The molecule has 4 nitrogen and oxygen atoms in total. The first-order valence-electron chi connectivity index (χ1n) is 10.9. The summed E-state index contributed by atoms with van der Waals surface area (Å²) in [6.45, 7) is 4.19. The summed E-state index contributed by atoms with van der Waals surface area (Å²) < 4.78 is 2.12. The quantitative estimate of drug-likeness (QED) is 0.340. The lowest BCUT2D eigenvalue weighted by Crippen LogP contribution is -2.08. The Hall–Kier alpha value is -3.57. The van der Waals surface area contributed by atoms with Crippen molar-refractivity contribution in [2.45, 2.75) is 28.7 Å². The van der Waals surface area contributed by atoms with Crippen LogP contribution in [0.15, 0.2) is 105 Å². The van der Waals surface area contributed by atoms with E-state index in [-0.39, 0.29) is 5.56 Å². The number of aromatic nitrogens is 3. The molecule has 1 atom stereocenters. The van der Waals surface area contributed by atoms with Crippen LogP contribution in [0, 0.1) is 13.8 Å². The molecule has 0 saturated carbocycles. The highest BCUT2D eigenvalue weighted by Gasteiger charge is 2.29. The van der Waals surface area contributed by atoms with E-state index in [0.717, 1.165) is 22.0 Å². The molecule has 0 fully saturated rings. The molecule has 5 heteroatoms. The van der Waals surface area contributed by atoms with Crippen LogP contribution in [-0.4, -0.2) is 20.8 Å². The van der Waals surface area contributed by atoms with Crippen LogP contribution in [0.3, 0.4) is 0 Å². The van der Waals surface area contributed by atoms with Gasteiger partial charge in [0.1, 0.15) is 0 Å². The van der Waals surface area contributed by atoms with Gasteiger partial charge in [-0.15, -0.1) is 10.0 Å². The number of hydrogen-bond donors (Lipinski definition) is 1. The second kappa shape index (κ2) is 8.09. The van der Waals surface area contributed by atoms with Gasteiger partial charge in [-0.3, -0.25) is 4.79 Å². The van der Waals surface area contributed by atoms with E-state index in [1.807, 2.05) is 24.7 Å². The molecule has 166 valence electrons. The summed E-state index contributed by atoms with van der Waals surface area (Å²) in [5.74, 6) is 0. The summed E-state index contributed by atoms with van der Waals surface area (Å²) in [6, 6.07) is 25.3. The maximum absolute atomic E-state index is 12.5. The summed E-state index contributed by atoms with van der Waals surface area (Å²) >= 11 is 0. The fourth-order valence-electron chi connectivity index (χ4n) is 4.46. The number of hydrogen-bond acceptors (Lipinski definition) is 2. The van der Waals surface area contributed by atoms with Crippen molar-refractivity contribution in [3.05, 3.63) is 107 Å². The minimum atomic E-state index is -1.58. The Morgan fingerprint density at radius 1 is 0.879 bits per heavy atom. The number of nitrogens with one attached hydrogen (secondary N) is 1. The van der Waals surface area contributed by atoms with Crippen molar-refractivity contribution >= 4 is 20.9 Å². The average Bonchev–Trinajstić information content (AvgIpc) is 3.24. The molecule has 0 aliphatic rings. The zero-order valence-corrected chi connectivity index (χ0v) is 20.1. The molecule has 0 aliphatic carbocycles. The highest BCUT2D eigenvalue weighted by Crippen LogP contribution is 2.65. The average molecular weight is 454 g/mol. The van der Waals surface area contributed by atoms with Crippen molar-refractivity contribution in [3.8, 4) is 11.1 Å². The van der Waals surface area contributed by atoms with Crippen LogP contribution in [-0.2, 0) is 7.05 Å². The van der Waals surface area contributed by atoms with Crippen molar-refractivity contribution < 1.29 is 0 Å². The van der Waals surface area contributed by atoms with E-state index < -0.39 is 10.0 Å². The van der Waals surface area contributed by atoms with Crippen molar-refractivity contribution in [2.24, 2.45) is 7.05 Å². The molecular formula is C28H27N3OS. The molecule has 0 bridgehead atoms. The molecule has 0 aliphatic heterocycles. The van der Waals surface area contributed by atoms with E-state index in [2.05, 4.69) is 96.3 Å². The first-order valence-corrected chi connectivity index (χ1v) is 13.0. The van der Waals surface area contributed by atoms with Gasteiger partial charge in [-0.05, 0) is 71.4 Å². The van der Waals surface area contributed by atoms with Crippen LogP contribution in [0.5, 0.6) is 0 Å². The summed E-state index contributed by atoms with van der Waals surface area (Å²) in [4.78, 5) is 22.4. The normalized spacial score (nSPS) is 14.2. The number of benzene rings is 3. The van der Waals surface area contributed by atoms with E-state index in [0.29, 0.717) is 0 Å². The number of aryl methyl sites for hydroxylation is 3. The zero-order chi connectivity index (χ0) is 23.2. The molecule has 2 aromatic heterocycles. The van der Waals surface area contributed by atoms with E-state index in [9.17, 15) is 4.79 Å². The number of H-pyrrole nitrogens is 1. The summed E-state index contributed by atoms with van der Waals surface area (Å²) in [5.41, 5.74) is 5.17. The molecule has 1 unspecified atom stereocenters.